The minimum absolute atomic E-state index is 0.0416. The number of carbonyl (C=O) groups excluding carboxylic acids is 2. The molecule has 2 heterocycles. The fourth-order valence-electron chi connectivity index (χ4n) is 3.53. The summed E-state index contributed by atoms with van der Waals surface area (Å²) < 4.78 is 5.59. The highest BCUT2D eigenvalue weighted by atomic mass is 16.5. The van der Waals surface area contributed by atoms with Gasteiger partial charge in [-0.1, -0.05) is 24.3 Å². The molecule has 1 aromatic rings. The molecule has 24 heavy (non-hydrogen) atoms. The number of hydrogen-bond acceptors (Lipinski definition) is 4. The van der Waals surface area contributed by atoms with Crippen LogP contribution in [-0.4, -0.2) is 38.1 Å². The molecule has 0 bridgehead atoms. The molecule has 6 heteroatoms. The highest BCUT2D eigenvalue weighted by Gasteiger charge is 2.50. The van der Waals surface area contributed by atoms with Crippen molar-refractivity contribution >= 4 is 11.8 Å². The minimum atomic E-state index is -0.413. The second-order valence-electron chi connectivity index (χ2n) is 6.73. The molecule has 1 aromatic carbocycles. The van der Waals surface area contributed by atoms with Gasteiger partial charge in [-0.2, -0.15) is 0 Å². The molecule has 0 saturated carbocycles. The maximum Gasteiger partial charge on any atom is 0.230 e. The Kier molecular flexibility index (Phi) is 5.16. The zero-order valence-electron chi connectivity index (χ0n) is 14.1. The lowest BCUT2D eigenvalue weighted by Gasteiger charge is -2.36. The van der Waals surface area contributed by atoms with Crippen LogP contribution >= 0.6 is 0 Å². The highest BCUT2D eigenvalue weighted by Crippen LogP contribution is 2.37. The molecule has 3 N–H and O–H groups in total. The highest BCUT2D eigenvalue weighted by molar-refractivity contribution is 5.84. The molecular weight excluding hydrogens is 306 g/mol. The number of rotatable bonds is 5. The summed E-state index contributed by atoms with van der Waals surface area (Å²) in [5, 5.41) is 9.18. The molecule has 0 aliphatic carbocycles. The normalized spacial score (nSPS) is 25.8. The molecule has 2 aliphatic rings. The summed E-state index contributed by atoms with van der Waals surface area (Å²) >= 11 is 0. The van der Waals surface area contributed by atoms with Crippen molar-refractivity contribution in [2.75, 3.05) is 26.3 Å². The van der Waals surface area contributed by atoms with E-state index in [4.69, 9.17) is 4.74 Å². The van der Waals surface area contributed by atoms with E-state index in [-0.39, 0.29) is 11.8 Å². The van der Waals surface area contributed by atoms with Crippen LogP contribution in [0, 0.1) is 11.3 Å². The Morgan fingerprint density at radius 3 is 2.54 bits per heavy atom. The topological polar surface area (TPSA) is 79.5 Å². The van der Waals surface area contributed by atoms with E-state index < -0.39 is 5.41 Å². The third-order valence-electron chi connectivity index (χ3n) is 5.05. The lowest BCUT2D eigenvalue weighted by molar-refractivity contribution is -0.141. The van der Waals surface area contributed by atoms with E-state index >= 15 is 0 Å². The monoisotopic (exact) mass is 331 g/mol. The number of ether oxygens (including phenoxy) is 1. The maximum atomic E-state index is 12.7. The van der Waals surface area contributed by atoms with E-state index in [1.54, 1.807) is 0 Å². The molecule has 0 aromatic heterocycles. The Labute approximate surface area is 142 Å². The van der Waals surface area contributed by atoms with Gasteiger partial charge in [-0.25, -0.2) is 0 Å². The van der Waals surface area contributed by atoms with Crippen LogP contribution in [0.25, 0.3) is 0 Å². The van der Waals surface area contributed by atoms with Crippen LogP contribution in [0.4, 0.5) is 0 Å². The van der Waals surface area contributed by atoms with Crippen molar-refractivity contribution in [3.8, 4) is 0 Å². The third kappa shape index (κ3) is 3.60. The van der Waals surface area contributed by atoms with Gasteiger partial charge in [-0.3, -0.25) is 9.59 Å². The van der Waals surface area contributed by atoms with Gasteiger partial charge in [0, 0.05) is 33.2 Å². The molecule has 2 fully saturated rings. The van der Waals surface area contributed by atoms with Crippen LogP contribution in [0.2, 0.25) is 0 Å². The van der Waals surface area contributed by atoms with Gasteiger partial charge in [0.1, 0.15) is 0 Å². The number of amides is 2. The molecule has 130 valence electrons. The lowest BCUT2D eigenvalue weighted by Crippen LogP contribution is -2.51. The van der Waals surface area contributed by atoms with Gasteiger partial charge in [0.05, 0.1) is 12.0 Å². The van der Waals surface area contributed by atoms with Crippen molar-refractivity contribution in [2.45, 2.75) is 26.4 Å². The van der Waals surface area contributed by atoms with Crippen molar-refractivity contribution in [3.05, 3.63) is 35.4 Å². The Bertz CT molecular complexity index is 602. The SMILES string of the molecule is CC(=O)NCc1ccc(CNC(=O)[C@]23CNC[C@H]2CCOC3)cc1. The van der Waals surface area contributed by atoms with Crippen LogP contribution in [-0.2, 0) is 27.4 Å². The predicted octanol–water partition coefficient (Wildman–Crippen LogP) is 0.565. The summed E-state index contributed by atoms with van der Waals surface area (Å²) in [5.41, 5.74) is 1.68. The van der Waals surface area contributed by atoms with E-state index in [2.05, 4.69) is 16.0 Å². The van der Waals surface area contributed by atoms with Gasteiger partial charge >= 0.3 is 0 Å². The molecule has 2 saturated heterocycles. The summed E-state index contributed by atoms with van der Waals surface area (Å²) in [6.07, 6.45) is 0.943. The molecule has 3 rings (SSSR count). The van der Waals surface area contributed by atoms with E-state index in [0.717, 1.165) is 30.7 Å². The lowest BCUT2D eigenvalue weighted by atomic mass is 9.75. The summed E-state index contributed by atoms with van der Waals surface area (Å²) in [5.74, 6) is 0.408. The first-order chi connectivity index (χ1) is 11.6. The van der Waals surface area contributed by atoms with E-state index in [0.29, 0.717) is 32.2 Å². The first-order valence-corrected chi connectivity index (χ1v) is 8.49. The van der Waals surface area contributed by atoms with Crippen LogP contribution in [0.1, 0.15) is 24.5 Å². The maximum absolute atomic E-state index is 12.7. The number of nitrogens with one attached hydrogen (secondary N) is 3. The number of carbonyl (C=O) groups is 2. The van der Waals surface area contributed by atoms with Crippen LogP contribution in [0.15, 0.2) is 24.3 Å². The third-order valence-corrected chi connectivity index (χ3v) is 5.05. The van der Waals surface area contributed by atoms with Gasteiger partial charge in [0.15, 0.2) is 0 Å². The Balaban J connectivity index is 1.55. The zero-order valence-corrected chi connectivity index (χ0v) is 14.1. The second-order valence-corrected chi connectivity index (χ2v) is 6.73. The summed E-state index contributed by atoms with van der Waals surface area (Å²) in [4.78, 5) is 23.7. The average Bonchev–Trinajstić information content (AvgIpc) is 3.04. The first kappa shape index (κ1) is 16.9. The van der Waals surface area contributed by atoms with Crippen molar-refractivity contribution in [1.29, 1.82) is 0 Å². The molecule has 6 nitrogen and oxygen atoms in total. The van der Waals surface area contributed by atoms with Crippen LogP contribution in [0.5, 0.6) is 0 Å². The van der Waals surface area contributed by atoms with Crippen molar-refractivity contribution in [3.63, 3.8) is 0 Å². The summed E-state index contributed by atoms with van der Waals surface area (Å²) in [6, 6.07) is 7.91. The van der Waals surface area contributed by atoms with Crippen molar-refractivity contribution in [1.82, 2.24) is 16.0 Å². The van der Waals surface area contributed by atoms with Gasteiger partial charge in [0.2, 0.25) is 11.8 Å². The van der Waals surface area contributed by atoms with Crippen molar-refractivity contribution in [2.24, 2.45) is 11.3 Å². The van der Waals surface area contributed by atoms with E-state index in [1.807, 2.05) is 24.3 Å². The molecule has 2 amide bonds. The standard InChI is InChI=1S/C18H25N3O3/c1-13(22)20-8-14-2-4-15(5-3-14)9-21-17(23)18-11-19-10-16(18)6-7-24-12-18/h2-5,16,19H,6-12H2,1H3,(H,20,22)(H,21,23)/t16-,18+/m1/s1. The summed E-state index contributed by atoms with van der Waals surface area (Å²) in [7, 11) is 0. The van der Waals surface area contributed by atoms with Crippen LogP contribution in [0.3, 0.4) is 0 Å². The first-order valence-electron chi connectivity index (χ1n) is 8.49. The van der Waals surface area contributed by atoms with E-state index in [9.17, 15) is 9.59 Å². The molecule has 0 radical (unpaired) electrons. The van der Waals surface area contributed by atoms with Gasteiger partial charge in [0.25, 0.3) is 0 Å². The van der Waals surface area contributed by atoms with Gasteiger partial charge < -0.3 is 20.7 Å². The molecule has 2 aliphatic heterocycles. The molecule has 2 atom stereocenters. The number of hydrogen-bond donors (Lipinski definition) is 3. The Morgan fingerprint density at radius 2 is 1.88 bits per heavy atom. The molecule has 0 unspecified atom stereocenters. The van der Waals surface area contributed by atoms with Crippen molar-refractivity contribution < 1.29 is 14.3 Å². The number of fused-ring (bicyclic) bond motifs is 1. The zero-order chi connectivity index (χ0) is 17.0. The fourth-order valence-corrected chi connectivity index (χ4v) is 3.53. The Morgan fingerprint density at radius 1 is 1.21 bits per heavy atom. The fraction of sp³-hybridized carbons (Fsp3) is 0.556. The number of benzene rings is 1. The minimum Gasteiger partial charge on any atom is -0.380 e. The quantitative estimate of drug-likeness (QED) is 0.737. The van der Waals surface area contributed by atoms with E-state index in [1.165, 1.54) is 6.92 Å². The smallest absolute Gasteiger partial charge is 0.230 e. The molecular formula is C18H25N3O3. The predicted molar refractivity (Wildman–Crippen MR) is 90.0 cm³/mol. The second kappa shape index (κ2) is 7.32. The van der Waals surface area contributed by atoms with Crippen LogP contribution < -0.4 is 16.0 Å². The van der Waals surface area contributed by atoms with Gasteiger partial charge in [-0.15, -0.1) is 0 Å². The van der Waals surface area contributed by atoms with Gasteiger partial charge in [-0.05, 0) is 30.0 Å². The summed E-state index contributed by atoms with van der Waals surface area (Å²) in [6.45, 7) is 5.38. The Hall–Kier alpha value is -1.92. The largest absolute Gasteiger partial charge is 0.380 e. The average molecular weight is 331 g/mol. The molecule has 0 spiro atoms.